The van der Waals surface area contributed by atoms with E-state index < -0.39 is 0 Å². The number of aryl methyl sites for hydroxylation is 1. The van der Waals surface area contributed by atoms with Crippen molar-refractivity contribution in [1.82, 2.24) is 9.78 Å². The third kappa shape index (κ3) is 2.02. The van der Waals surface area contributed by atoms with Gasteiger partial charge in [-0.25, -0.2) is 9.07 Å². The molecule has 0 aliphatic heterocycles. The van der Waals surface area contributed by atoms with E-state index in [1.807, 2.05) is 13.0 Å². The first-order valence-electron chi connectivity index (χ1n) is 4.58. The summed E-state index contributed by atoms with van der Waals surface area (Å²) >= 11 is 5.69. The average molecular weight is 225 g/mol. The number of benzene rings is 1. The number of alkyl halides is 1. The van der Waals surface area contributed by atoms with Crippen LogP contribution in [0.1, 0.15) is 11.4 Å². The molecule has 0 saturated heterocycles. The Balaban J connectivity index is 2.44. The smallest absolute Gasteiger partial charge is 0.123 e. The lowest BCUT2D eigenvalue weighted by molar-refractivity contribution is 0.627. The van der Waals surface area contributed by atoms with Crippen LogP contribution in [0.5, 0.6) is 0 Å². The van der Waals surface area contributed by atoms with Crippen molar-refractivity contribution in [3.8, 4) is 5.69 Å². The zero-order chi connectivity index (χ0) is 10.8. The van der Waals surface area contributed by atoms with Crippen LogP contribution in [-0.2, 0) is 5.88 Å². The number of rotatable bonds is 2. The zero-order valence-corrected chi connectivity index (χ0v) is 9.00. The van der Waals surface area contributed by atoms with E-state index in [1.165, 1.54) is 12.1 Å². The second-order valence-corrected chi connectivity index (χ2v) is 3.57. The highest BCUT2D eigenvalue weighted by Gasteiger charge is 2.05. The summed E-state index contributed by atoms with van der Waals surface area (Å²) < 4.78 is 14.5. The quantitative estimate of drug-likeness (QED) is 0.717. The standard InChI is InChI=1S/C11H10ClFN2/c1-8-6-10(7-12)14-15(8)11-4-2-9(13)3-5-11/h2-6H,7H2,1H3. The molecule has 0 spiro atoms. The van der Waals surface area contributed by atoms with E-state index in [4.69, 9.17) is 11.6 Å². The maximum atomic E-state index is 12.7. The minimum absolute atomic E-state index is 0.249. The van der Waals surface area contributed by atoms with Gasteiger partial charge in [0, 0.05) is 5.69 Å². The highest BCUT2D eigenvalue weighted by Crippen LogP contribution is 2.13. The van der Waals surface area contributed by atoms with Gasteiger partial charge in [-0.05, 0) is 37.3 Å². The molecule has 2 rings (SSSR count). The number of aromatic nitrogens is 2. The molecular weight excluding hydrogens is 215 g/mol. The van der Waals surface area contributed by atoms with Gasteiger partial charge in [-0.15, -0.1) is 11.6 Å². The Morgan fingerprint density at radius 2 is 2.00 bits per heavy atom. The summed E-state index contributed by atoms with van der Waals surface area (Å²) in [7, 11) is 0. The molecule has 15 heavy (non-hydrogen) atoms. The lowest BCUT2D eigenvalue weighted by Crippen LogP contribution is -1.98. The van der Waals surface area contributed by atoms with Gasteiger partial charge in [0.25, 0.3) is 0 Å². The highest BCUT2D eigenvalue weighted by atomic mass is 35.5. The van der Waals surface area contributed by atoms with Gasteiger partial charge >= 0.3 is 0 Å². The minimum Gasteiger partial charge on any atom is -0.238 e. The predicted octanol–water partition coefficient (Wildman–Crippen LogP) is 3.06. The van der Waals surface area contributed by atoms with Crippen LogP contribution in [0.3, 0.4) is 0 Å². The molecule has 1 heterocycles. The van der Waals surface area contributed by atoms with Gasteiger partial charge in [0.05, 0.1) is 17.3 Å². The van der Waals surface area contributed by atoms with E-state index in [0.717, 1.165) is 17.1 Å². The molecule has 0 unspecified atom stereocenters. The molecule has 78 valence electrons. The minimum atomic E-state index is -0.249. The lowest BCUT2D eigenvalue weighted by Gasteiger charge is -2.03. The van der Waals surface area contributed by atoms with Crippen LogP contribution in [0.25, 0.3) is 5.69 Å². The largest absolute Gasteiger partial charge is 0.238 e. The molecule has 2 aromatic rings. The zero-order valence-electron chi connectivity index (χ0n) is 8.24. The first kappa shape index (κ1) is 10.2. The van der Waals surface area contributed by atoms with Gasteiger partial charge in [-0.2, -0.15) is 5.10 Å². The molecule has 1 aromatic carbocycles. The average Bonchev–Trinajstić information content (AvgIpc) is 2.61. The number of nitrogens with zero attached hydrogens (tertiary/aromatic N) is 2. The van der Waals surface area contributed by atoms with Crippen molar-refractivity contribution in [2.24, 2.45) is 0 Å². The van der Waals surface area contributed by atoms with Crippen molar-refractivity contribution >= 4 is 11.6 Å². The molecule has 1 aromatic heterocycles. The molecule has 0 saturated carbocycles. The number of hydrogen-bond donors (Lipinski definition) is 0. The SMILES string of the molecule is Cc1cc(CCl)nn1-c1ccc(F)cc1. The Hall–Kier alpha value is -1.35. The summed E-state index contributed by atoms with van der Waals surface area (Å²) in [4.78, 5) is 0. The van der Waals surface area contributed by atoms with Crippen LogP contribution in [0, 0.1) is 12.7 Å². The van der Waals surface area contributed by atoms with Gasteiger partial charge in [-0.1, -0.05) is 0 Å². The van der Waals surface area contributed by atoms with E-state index in [-0.39, 0.29) is 5.82 Å². The van der Waals surface area contributed by atoms with E-state index in [0.29, 0.717) is 5.88 Å². The van der Waals surface area contributed by atoms with E-state index in [1.54, 1.807) is 16.8 Å². The summed E-state index contributed by atoms with van der Waals surface area (Å²) in [5.74, 6) is 0.135. The molecule has 0 N–H and O–H groups in total. The van der Waals surface area contributed by atoms with Crippen molar-refractivity contribution in [3.63, 3.8) is 0 Å². The van der Waals surface area contributed by atoms with E-state index >= 15 is 0 Å². The maximum Gasteiger partial charge on any atom is 0.123 e. The number of halogens is 2. The Bertz CT molecular complexity index is 462. The van der Waals surface area contributed by atoms with Crippen molar-refractivity contribution in [1.29, 1.82) is 0 Å². The molecule has 0 amide bonds. The first-order valence-corrected chi connectivity index (χ1v) is 5.11. The van der Waals surface area contributed by atoms with Gasteiger partial charge in [0.1, 0.15) is 5.82 Å². The van der Waals surface area contributed by atoms with Crippen molar-refractivity contribution in [2.75, 3.05) is 0 Å². The topological polar surface area (TPSA) is 17.8 Å². The summed E-state index contributed by atoms with van der Waals surface area (Å²) in [6.45, 7) is 1.94. The fourth-order valence-electron chi connectivity index (χ4n) is 1.45. The normalized spacial score (nSPS) is 10.6. The Morgan fingerprint density at radius 1 is 1.33 bits per heavy atom. The van der Waals surface area contributed by atoms with Gasteiger partial charge in [0.15, 0.2) is 0 Å². The molecule has 4 heteroatoms. The fourth-order valence-corrected chi connectivity index (χ4v) is 1.58. The Morgan fingerprint density at radius 3 is 2.53 bits per heavy atom. The fraction of sp³-hybridized carbons (Fsp3) is 0.182. The van der Waals surface area contributed by atoms with Crippen LogP contribution >= 0.6 is 11.6 Å². The van der Waals surface area contributed by atoms with Crippen molar-refractivity contribution < 1.29 is 4.39 Å². The molecule has 2 nitrogen and oxygen atoms in total. The van der Waals surface area contributed by atoms with Gasteiger partial charge in [0.2, 0.25) is 0 Å². The van der Waals surface area contributed by atoms with Crippen molar-refractivity contribution in [2.45, 2.75) is 12.8 Å². The van der Waals surface area contributed by atoms with Gasteiger partial charge < -0.3 is 0 Å². The molecule has 0 bridgehead atoms. The molecular formula is C11H10ClFN2. The van der Waals surface area contributed by atoms with E-state index in [2.05, 4.69) is 5.10 Å². The summed E-state index contributed by atoms with van der Waals surface area (Å²) in [5.41, 5.74) is 2.64. The monoisotopic (exact) mass is 224 g/mol. The lowest BCUT2D eigenvalue weighted by atomic mass is 10.3. The molecule has 0 radical (unpaired) electrons. The second kappa shape index (κ2) is 4.03. The molecule has 0 aliphatic rings. The Kier molecular flexibility index (Phi) is 2.73. The summed E-state index contributed by atoms with van der Waals surface area (Å²) in [6.07, 6.45) is 0. The summed E-state index contributed by atoms with van der Waals surface area (Å²) in [6, 6.07) is 8.12. The van der Waals surface area contributed by atoms with Crippen molar-refractivity contribution in [3.05, 3.63) is 47.5 Å². The predicted molar refractivity (Wildman–Crippen MR) is 57.8 cm³/mol. The third-order valence-electron chi connectivity index (χ3n) is 2.15. The van der Waals surface area contributed by atoms with Crippen LogP contribution < -0.4 is 0 Å². The molecule has 0 aliphatic carbocycles. The highest BCUT2D eigenvalue weighted by molar-refractivity contribution is 6.16. The van der Waals surface area contributed by atoms with Crippen LogP contribution in [0.2, 0.25) is 0 Å². The Labute approximate surface area is 92.3 Å². The van der Waals surface area contributed by atoms with Crippen LogP contribution in [0.15, 0.2) is 30.3 Å². The van der Waals surface area contributed by atoms with Crippen LogP contribution in [-0.4, -0.2) is 9.78 Å². The second-order valence-electron chi connectivity index (χ2n) is 3.30. The first-order chi connectivity index (χ1) is 7.20. The maximum absolute atomic E-state index is 12.7. The van der Waals surface area contributed by atoms with Crippen LogP contribution in [0.4, 0.5) is 4.39 Å². The van der Waals surface area contributed by atoms with Gasteiger partial charge in [-0.3, -0.25) is 0 Å². The molecule has 0 fully saturated rings. The molecule has 0 atom stereocenters. The van der Waals surface area contributed by atoms with E-state index in [9.17, 15) is 4.39 Å². The summed E-state index contributed by atoms with van der Waals surface area (Å²) in [5, 5.41) is 4.29. The third-order valence-corrected chi connectivity index (χ3v) is 2.42. The number of hydrogen-bond acceptors (Lipinski definition) is 1.